The summed E-state index contributed by atoms with van der Waals surface area (Å²) in [6.45, 7) is 3.21. The van der Waals surface area contributed by atoms with Gasteiger partial charge in [-0.25, -0.2) is 13.4 Å². The summed E-state index contributed by atoms with van der Waals surface area (Å²) >= 11 is 6.66. The normalized spacial score (nSPS) is 22.8. The average Bonchev–Trinajstić information content (AvgIpc) is 2.76. The zero-order valence-corrected chi connectivity index (χ0v) is 11.7. The van der Waals surface area contributed by atoms with Gasteiger partial charge in [0.25, 0.3) is 10.0 Å². The second-order valence-corrected chi connectivity index (χ2v) is 7.42. The van der Waals surface area contributed by atoms with Crippen molar-refractivity contribution in [2.75, 3.05) is 19.8 Å². The lowest BCUT2D eigenvalue weighted by Gasteiger charge is -2.33. The Kier molecular flexibility index (Phi) is 4.04. The molecule has 1 saturated heterocycles. The molecule has 1 aromatic heterocycles. The first-order valence-corrected chi connectivity index (χ1v) is 7.90. The van der Waals surface area contributed by atoms with Gasteiger partial charge in [0.1, 0.15) is 0 Å². The second kappa shape index (κ2) is 5.19. The van der Waals surface area contributed by atoms with Gasteiger partial charge in [-0.05, 0) is 6.42 Å². The minimum Gasteiger partial charge on any atom is -0.378 e. The van der Waals surface area contributed by atoms with Crippen molar-refractivity contribution < 1.29 is 13.2 Å². The van der Waals surface area contributed by atoms with Crippen LogP contribution >= 0.6 is 22.9 Å². The maximum Gasteiger partial charge on any atom is 0.254 e. The number of hydrogen-bond donors (Lipinski definition) is 0. The first-order chi connectivity index (χ1) is 8.05. The predicted molar refractivity (Wildman–Crippen MR) is 65.9 cm³/mol. The Hall–Kier alpha value is -0.210. The van der Waals surface area contributed by atoms with Crippen molar-refractivity contribution in [3.8, 4) is 0 Å². The molecule has 0 aliphatic carbocycles. The number of thiazole rings is 1. The summed E-state index contributed by atoms with van der Waals surface area (Å²) in [5.41, 5.74) is 0. The lowest BCUT2D eigenvalue weighted by Crippen LogP contribution is -2.48. The molecule has 1 atom stereocenters. The minimum atomic E-state index is -3.48. The molecule has 2 rings (SSSR count). The molecule has 1 aliphatic rings. The largest absolute Gasteiger partial charge is 0.378 e. The van der Waals surface area contributed by atoms with Gasteiger partial charge in [0.15, 0.2) is 8.68 Å². The van der Waals surface area contributed by atoms with E-state index in [2.05, 4.69) is 4.98 Å². The Morgan fingerprint density at radius 1 is 1.71 bits per heavy atom. The van der Waals surface area contributed by atoms with Crippen LogP contribution in [0.1, 0.15) is 13.3 Å². The Morgan fingerprint density at radius 3 is 3.06 bits per heavy atom. The molecule has 17 heavy (non-hydrogen) atoms. The molecular formula is C9H13ClN2O3S2. The molecule has 0 N–H and O–H groups in total. The van der Waals surface area contributed by atoms with Crippen molar-refractivity contribution in [2.45, 2.75) is 23.6 Å². The molecule has 1 aromatic rings. The number of aromatic nitrogens is 1. The molecule has 1 aliphatic heterocycles. The Bertz CT molecular complexity index is 488. The summed E-state index contributed by atoms with van der Waals surface area (Å²) in [6, 6.07) is -0.102. The third kappa shape index (κ3) is 2.63. The number of rotatable bonds is 3. The van der Waals surface area contributed by atoms with Gasteiger partial charge in [0, 0.05) is 12.6 Å². The van der Waals surface area contributed by atoms with E-state index in [9.17, 15) is 8.42 Å². The number of sulfonamides is 1. The molecule has 2 heterocycles. The third-order valence-corrected chi connectivity index (χ3v) is 6.17. The maximum absolute atomic E-state index is 12.4. The Balaban J connectivity index is 2.30. The topological polar surface area (TPSA) is 59.5 Å². The summed E-state index contributed by atoms with van der Waals surface area (Å²) in [6.07, 6.45) is 2.04. The standard InChI is InChI=1S/C9H13ClN2O3S2/c1-2-7-6-15-4-3-12(7)17(13,14)8-5-11-9(10)16-8/h5,7H,2-4,6H2,1H3. The van der Waals surface area contributed by atoms with E-state index in [1.165, 1.54) is 10.5 Å². The van der Waals surface area contributed by atoms with Crippen LogP contribution in [0.25, 0.3) is 0 Å². The smallest absolute Gasteiger partial charge is 0.254 e. The molecule has 0 aromatic carbocycles. The van der Waals surface area contributed by atoms with Crippen molar-refractivity contribution in [3.63, 3.8) is 0 Å². The van der Waals surface area contributed by atoms with Crippen molar-refractivity contribution >= 4 is 33.0 Å². The highest BCUT2D eigenvalue weighted by atomic mass is 35.5. The number of morpholine rings is 1. The van der Waals surface area contributed by atoms with E-state index in [-0.39, 0.29) is 14.7 Å². The van der Waals surface area contributed by atoms with Crippen LogP contribution in [0.3, 0.4) is 0 Å². The lowest BCUT2D eigenvalue weighted by molar-refractivity contribution is 0.0315. The molecule has 1 unspecified atom stereocenters. The van der Waals surface area contributed by atoms with E-state index in [0.29, 0.717) is 19.8 Å². The van der Waals surface area contributed by atoms with E-state index in [1.54, 1.807) is 0 Å². The molecule has 8 heteroatoms. The van der Waals surface area contributed by atoms with Gasteiger partial charge < -0.3 is 4.74 Å². The van der Waals surface area contributed by atoms with Crippen LogP contribution in [0.4, 0.5) is 0 Å². The molecule has 0 amide bonds. The summed E-state index contributed by atoms with van der Waals surface area (Å²) in [5.74, 6) is 0. The van der Waals surface area contributed by atoms with E-state index in [1.807, 2.05) is 6.92 Å². The molecular weight excluding hydrogens is 284 g/mol. The monoisotopic (exact) mass is 296 g/mol. The van der Waals surface area contributed by atoms with Gasteiger partial charge in [-0.2, -0.15) is 4.31 Å². The van der Waals surface area contributed by atoms with Gasteiger partial charge in [0.05, 0.1) is 19.4 Å². The first kappa shape index (κ1) is 13.2. The highest BCUT2D eigenvalue weighted by Crippen LogP contribution is 2.28. The van der Waals surface area contributed by atoms with Crippen molar-refractivity contribution in [3.05, 3.63) is 10.7 Å². The quantitative estimate of drug-likeness (QED) is 0.850. The predicted octanol–water partition coefficient (Wildman–Crippen LogP) is 1.60. The lowest BCUT2D eigenvalue weighted by atomic mass is 10.2. The SMILES string of the molecule is CCC1COCCN1S(=O)(=O)c1cnc(Cl)s1. The molecule has 0 saturated carbocycles. The fraction of sp³-hybridized carbons (Fsp3) is 0.667. The van der Waals surface area contributed by atoms with Crippen LogP contribution in [-0.4, -0.2) is 43.5 Å². The fourth-order valence-corrected chi connectivity index (χ4v) is 4.84. The maximum atomic E-state index is 12.4. The molecule has 0 spiro atoms. The Morgan fingerprint density at radius 2 is 2.47 bits per heavy atom. The number of nitrogens with zero attached hydrogens (tertiary/aromatic N) is 2. The zero-order valence-electron chi connectivity index (χ0n) is 9.30. The van der Waals surface area contributed by atoms with Crippen LogP contribution in [0.15, 0.2) is 10.4 Å². The number of ether oxygens (including phenoxy) is 1. The van der Waals surface area contributed by atoms with Crippen molar-refractivity contribution in [1.82, 2.24) is 9.29 Å². The fourth-order valence-electron chi connectivity index (χ4n) is 1.75. The summed E-state index contributed by atoms with van der Waals surface area (Å²) in [4.78, 5) is 3.78. The highest BCUT2D eigenvalue weighted by Gasteiger charge is 2.34. The Labute approximate surface area is 109 Å². The van der Waals surface area contributed by atoms with Crippen LogP contribution in [0.2, 0.25) is 4.47 Å². The first-order valence-electron chi connectivity index (χ1n) is 5.26. The van der Waals surface area contributed by atoms with Gasteiger partial charge in [-0.1, -0.05) is 29.9 Å². The van der Waals surface area contributed by atoms with Gasteiger partial charge in [-0.15, -0.1) is 0 Å². The number of hydrogen-bond acceptors (Lipinski definition) is 5. The highest BCUT2D eigenvalue weighted by molar-refractivity contribution is 7.91. The van der Waals surface area contributed by atoms with Crippen molar-refractivity contribution in [1.29, 1.82) is 0 Å². The summed E-state index contributed by atoms with van der Waals surface area (Å²) in [7, 11) is -3.48. The van der Waals surface area contributed by atoms with Crippen LogP contribution in [-0.2, 0) is 14.8 Å². The van der Waals surface area contributed by atoms with Gasteiger partial charge in [0.2, 0.25) is 0 Å². The van der Waals surface area contributed by atoms with E-state index >= 15 is 0 Å². The summed E-state index contributed by atoms with van der Waals surface area (Å²) in [5, 5.41) is 0. The van der Waals surface area contributed by atoms with Crippen LogP contribution in [0.5, 0.6) is 0 Å². The van der Waals surface area contributed by atoms with Crippen LogP contribution < -0.4 is 0 Å². The van der Waals surface area contributed by atoms with Gasteiger partial charge in [-0.3, -0.25) is 0 Å². The van der Waals surface area contributed by atoms with Crippen molar-refractivity contribution in [2.24, 2.45) is 0 Å². The van der Waals surface area contributed by atoms with Gasteiger partial charge >= 0.3 is 0 Å². The van der Waals surface area contributed by atoms with Crippen LogP contribution in [0, 0.1) is 0 Å². The second-order valence-electron chi connectivity index (χ2n) is 3.68. The molecule has 5 nitrogen and oxygen atoms in total. The van der Waals surface area contributed by atoms with E-state index in [4.69, 9.17) is 16.3 Å². The molecule has 96 valence electrons. The van der Waals surface area contributed by atoms with E-state index in [0.717, 1.165) is 17.8 Å². The zero-order chi connectivity index (χ0) is 12.5. The molecule has 0 bridgehead atoms. The molecule has 1 fully saturated rings. The minimum absolute atomic E-state index is 0.102. The third-order valence-electron chi connectivity index (χ3n) is 2.66. The summed E-state index contributed by atoms with van der Waals surface area (Å²) < 4.78 is 31.9. The molecule has 0 radical (unpaired) electrons. The average molecular weight is 297 g/mol. The van der Waals surface area contributed by atoms with E-state index < -0.39 is 10.0 Å². The number of halogens is 1.